The van der Waals surface area contributed by atoms with Crippen LogP contribution in [0.1, 0.15) is 44.5 Å². The zero-order chi connectivity index (χ0) is 12.3. The van der Waals surface area contributed by atoms with Crippen molar-refractivity contribution < 1.29 is 9.21 Å². The largest absolute Gasteiger partial charge is 0.444 e. The van der Waals surface area contributed by atoms with Crippen LogP contribution in [0, 0.1) is 19.3 Å². The zero-order valence-electron chi connectivity index (χ0n) is 10.7. The lowest BCUT2D eigenvalue weighted by atomic mass is 9.92. The Morgan fingerprint density at radius 1 is 1.38 bits per heavy atom. The van der Waals surface area contributed by atoms with E-state index < -0.39 is 0 Å². The summed E-state index contributed by atoms with van der Waals surface area (Å²) in [6.45, 7) is 10.2. The van der Waals surface area contributed by atoms with Gasteiger partial charge in [-0.1, -0.05) is 20.8 Å². The van der Waals surface area contributed by atoms with Crippen molar-refractivity contribution >= 4 is 5.91 Å². The highest BCUT2D eigenvalue weighted by Crippen LogP contribution is 2.18. The van der Waals surface area contributed by atoms with E-state index in [2.05, 4.69) is 10.3 Å². The van der Waals surface area contributed by atoms with E-state index >= 15 is 0 Å². The summed E-state index contributed by atoms with van der Waals surface area (Å²) >= 11 is 0. The second kappa shape index (κ2) is 4.68. The molecule has 1 aromatic heterocycles. The van der Waals surface area contributed by atoms with E-state index in [1.807, 2.05) is 34.6 Å². The molecule has 0 aliphatic rings. The van der Waals surface area contributed by atoms with E-state index in [4.69, 9.17) is 4.42 Å². The molecule has 1 aromatic rings. The Hall–Kier alpha value is -1.32. The number of hydrogen-bond donors (Lipinski definition) is 1. The number of nitrogens with zero attached hydrogens (tertiary/aromatic N) is 1. The first-order valence-electron chi connectivity index (χ1n) is 5.47. The fraction of sp³-hybridized carbons (Fsp3) is 0.667. The third kappa shape index (κ3) is 4.04. The maximum atomic E-state index is 11.5. The van der Waals surface area contributed by atoms with Crippen molar-refractivity contribution in [2.24, 2.45) is 5.41 Å². The quantitative estimate of drug-likeness (QED) is 0.857. The van der Waals surface area contributed by atoms with Crippen LogP contribution in [-0.2, 0) is 11.3 Å². The summed E-state index contributed by atoms with van der Waals surface area (Å²) in [4.78, 5) is 15.7. The van der Waals surface area contributed by atoms with Gasteiger partial charge in [-0.3, -0.25) is 4.79 Å². The minimum atomic E-state index is 0.00646. The van der Waals surface area contributed by atoms with Gasteiger partial charge in [-0.2, -0.15) is 0 Å². The van der Waals surface area contributed by atoms with Crippen molar-refractivity contribution in [3.8, 4) is 0 Å². The number of rotatable bonds is 3. The number of aryl methyl sites for hydroxylation is 2. The van der Waals surface area contributed by atoms with Crippen LogP contribution in [0.15, 0.2) is 4.42 Å². The van der Waals surface area contributed by atoms with Crippen LogP contribution in [0.4, 0.5) is 0 Å². The summed E-state index contributed by atoms with van der Waals surface area (Å²) in [7, 11) is 0. The van der Waals surface area contributed by atoms with Gasteiger partial charge in [0.25, 0.3) is 0 Å². The minimum absolute atomic E-state index is 0.00646. The predicted molar refractivity (Wildman–Crippen MR) is 61.9 cm³/mol. The number of oxazole rings is 1. The van der Waals surface area contributed by atoms with Gasteiger partial charge < -0.3 is 9.73 Å². The number of amides is 1. The van der Waals surface area contributed by atoms with Crippen LogP contribution in [0.25, 0.3) is 0 Å². The molecule has 1 heterocycles. The predicted octanol–water partition coefficient (Wildman–Crippen LogP) is 2.34. The standard InChI is InChI=1S/C12H20N2O2/c1-8-9(2)16-11(14-8)7-13-10(15)6-12(3,4)5/h6-7H2,1-5H3,(H,13,15). The maximum absolute atomic E-state index is 11.5. The van der Waals surface area contributed by atoms with Gasteiger partial charge in [-0.25, -0.2) is 4.98 Å². The fourth-order valence-electron chi connectivity index (χ4n) is 1.33. The molecule has 1 N–H and O–H groups in total. The molecule has 90 valence electrons. The van der Waals surface area contributed by atoms with Crippen molar-refractivity contribution in [3.05, 3.63) is 17.3 Å². The molecular weight excluding hydrogens is 204 g/mol. The summed E-state index contributed by atoms with van der Waals surface area (Å²) in [5.74, 6) is 1.40. The van der Waals surface area contributed by atoms with Gasteiger partial charge >= 0.3 is 0 Å². The number of carbonyl (C=O) groups is 1. The molecule has 16 heavy (non-hydrogen) atoms. The topological polar surface area (TPSA) is 55.1 Å². The van der Waals surface area contributed by atoms with Gasteiger partial charge in [0.1, 0.15) is 5.76 Å². The molecule has 0 saturated carbocycles. The molecule has 0 aliphatic heterocycles. The molecule has 0 saturated heterocycles. The van der Waals surface area contributed by atoms with E-state index in [1.54, 1.807) is 0 Å². The Kier molecular flexibility index (Phi) is 3.73. The summed E-state index contributed by atoms with van der Waals surface area (Å²) in [5, 5.41) is 2.80. The lowest BCUT2D eigenvalue weighted by Crippen LogP contribution is -2.27. The Bertz CT molecular complexity index is 355. The molecule has 0 fully saturated rings. The van der Waals surface area contributed by atoms with E-state index in [0.717, 1.165) is 11.5 Å². The molecule has 1 rings (SSSR count). The average molecular weight is 224 g/mol. The highest BCUT2D eigenvalue weighted by atomic mass is 16.4. The molecule has 4 nitrogen and oxygen atoms in total. The van der Waals surface area contributed by atoms with Crippen molar-refractivity contribution in [1.82, 2.24) is 10.3 Å². The smallest absolute Gasteiger partial charge is 0.220 e. The fourth-order valence-corrected chi connectivity index (χ4v) is 1.33. The first-order valence-corrected chi connectivity index (χ1v) is 5.47. The van der Waals surface area contributed by atoms with Crippen LogP contribution in [-0.4, -0.2) is 10.9 Å². The van der Waals surface area contributed by atoms with Crippen LogP contribution < -0.4 is 5.32 Å². The second-order valence-corrected chi connectivity index (χ2v) is 5.26. The minimum Gasteiger partial charge on any atom is -0.444 e. The second-order valence-electron chi connectivity index (χ2n) is 5.26. The normalized spacial score (nSPS) is 11.6. The Balaban J connectivity index is 2.43. The molecule has 0 spiro atoms. The van der Waals surface area contributed by atoms with Gasteiger partial charge in [0.15, 0.2) is 0 Å². The number of hydrogen-bond acceptors (Lipinski definition) is 3. The highest BCUT2D eigenvalue weighted by molar-refractivity contribution is 5.76. The van der Waals surface area contributed by atoms with E-state index in [1.165, 1.54) is 0 Å². The van der Waals surface area contributed by atoms with Crippen molar-refractivity contribution in [1.29, 1.82) is 0 Å². The van der Waals surface area contributed by atoms with Crippen molar-refractivity contribution in [2.45, 2.75) is 47.6 Å². The molecule has 0 aromatic carbocycles. The lowest BCUT2D eigenvalue weighted by Gasteiger charge is -2.16. The third-order valence-corrected chi connectivity index (χ3v) is 2.20. The molecule has 4 heteroatoms. The summed E-state index contributed by atoms with van der Waals surface area (Å²) < 4.78 is 5.37. The third-order valence-electron chi connectivity index (χ3n) is 2.20. The summed E-state index contributed by atoms with van der Waals surface area (Å²) in [6, 6.07) is 0. The molecule has 0 aliphatic carbocycles. The zero-order valence-corrected chi connectivity index (χ0v) is 10.7. The number of aromatic nitrogens is 1. The number of carbonyl (C=O) groups excluding carboxylic acids is 1. The van der Waals surface area contributed by atoms with Crippen LogP contribution in [0.3, 0.4) is 0 Å². The van der Waals surface area contributed by atoms with Gasteiger partial charge in [-0.15, -0.1) is 0 Å². The van der Waals surface area contributed by atoms with Crippen molar-refractivity contribution in [2.75, 3.05) is 0 Å². The molecular formula is C12H20N2O2. The molecule has 0 unspecified atom stereocenters. The number of nitrogens with one attached hydrogen (secondary N) is 1. The van der Waals surface area contributed by atoms with Crippen molar-refractivity contribution in [3.63, 3.8) is 0 Å². The Morgan fingerprint density at radius 3 is 2.44 bits per heavy atom. The highest BCUT2D eigenvalue weighted by Gasteiger charge is 2.16. The average Bonchev–Trinajstić information content (AvgIpc) is 2.40. The Morgan fingerprint density at radius 2 is 2.00 bits per heavy atom. The Labute approximate surface area is 96.4 Å². The van der Waals surface area contributed by atoms with E-state index in [-0.39, 0.29) is 11.3 Å². The molecule has 0 atom stereocenters. The van der Waals surface area contributed by atoms with E-state index in [9.17, 15) is 4.79 Å². The first-order chi connectivity index (χ1) is 7.28. The van der Waals surface area contributed by atoms with Gasteiger partial charge in [-0.05, 0) is 19.3 Å². The summed E-state index contributed by atoms with van der Waals surface area (Å²) in [6.07, 6.45) is 0.506. The molecule has 1 amide bonds. The maximum Gasteiger partial charge on any atom is 0.220 e. The van der Waals surface area contributed by atoms with E-state index in [0.29, 0.717) is 18.9 Å². The lowest BCUT2D eigenvalue weighted by molar-refractivity contribution is -0.123. The first kappa shape index (κ1) is 12.7. The van der Waals surface area contributed by atoms with Gasteiger partial charge in [0.2, 0.25) is 11.8 Å². The molecule has 0 bridgehead atoms. The SMILES string of the molecule is Cc1nc(CNC(=O)CC(C)(C)C)oc1C. The van der Waals surface area contributed by atoms with Crippen LogP contribution in [0.5, 0.6) is 0 Å². The van der Waals surface area contributed by atoms with Crippen LogP contribution >= 0.6 is 0 Å². The van der Waals surface area contributed by atoms with Gasteiger partial charge in [0, 0.05) is 6.42 Å². The van der Waals surface area contributed by atoms with Gasteiger partial charge in [0.05, 0.1) is 12.2 Å². The molecule has 0 radical (unpaired) electrons. The van der Waals surface area contributed by atoms with Crippen LogP contribution in [0.2, 0.25) is 0 Å². The monoisotopic (exact) mass is 224 g/mol. The summed E-state index contributed by atoms with van der Waals surface area (Å²) in [5.41, 5.74) is 0.882.